The van der Waals surface area contributed by atoms with Crippen molar-refractivity contribution in [3.63, 3.8) is 0 Å². The Morgan fingerprint density at radius 3 is 2.59 bits per heavy atom. The lowest BCUT2D eigenvalue weighted by molar-refractivity contribution is 0.104. The van der Waals surface area contributed by atoms with Crippen LogP contribution in [-0.2, 0) is 0 Å². The number of carbonyl (C=O) groups is 1. The number of rotatable bonds is 3. The number of nitrogens with zero attached hydrogens (tertiary/aromatic N) is 1. The van der Waals surface area contributed by atoms with Crippen molar-refractivity contribution < 1.29 is 4.79 Å². The maximum absolute atomic E-state index is 12.6. The molecular formula is C17H13ClN2OS. The van der Waals surface area contributed by atoms with Gasteiger partial charge in [0.15, 0.2) is 0 Å². The van der Waals surface area contributed by atoms with Crippen molar-refractivity contribution in [1.29, 1.82) is 0 Å². The zero-order valence-corrected chi connectivity index (χ0v) is 13.4. The number of nitrogen functional groups attached to an aromatic ring is 1. The van der Waals surface area contributed by atoms with Gasteiger partial charge in [-0.2, -0.15) is 0 Å². The quantitative estimate of drug-likeness (QED) is 0.716. The molecule has 3 aromatic rings. The zero-order valence-electron chi connectivity index (χ0n) is 11.8. The van der Waals surface area contributed by atoms with Crippen LogP contribution in [0.25, 0.3) is 10.6 Å². The molecule has 0 bridgehead atoms. The Labute approximate surface area is 137 Å². The summed E-state index contributed by atoms with van der Waals surface area (Å²) in [4.78, 5) is 17.4. The topological polar surface area (TPSA) is 56.0 Å². The Hall–Kier alpha value is -2.17. The van der Waals surface area contributed by atoms with Gasteiger partial charge in [0.05, 0.1) is 0 Å². The monoisotopic (exact) mass is 328 g/mol. The molecule has 22 heavy (non-hydrogen) atoms. The van der Waals surface area contributed by atoms with Gasteiger partial charge in [-0.1, -0.05) is 41.9 Å². The Kier molecular flexibility index (Phi) is 3.96. The van der Waals surface area contributed by atoms with Gasteiger partial charge in [-0.3, -0.25) is 4.79 Å². The fourth-order valence-corrected chi connectivity index (χ4v) is 3.19. The molecule has 0 aliphatic rings. The second-order valence-corrected chi connectivity index (χ2v) is 6.30. The number of nitrogens with two attached hydrogens (primary N) is 1. The van der Waals surface area contributed by atoms with E-state index in [0.717, 1.165) is 16.1 Å². The number of carbonyl (C=O) groups excluding carboxylic acids is 1. The number of hydrogen-bond acceptors (Lipinski definition) is 4. The molecule has 0 saturated heterocycles. The third kappa shape index (κ3) is 2.75. The van der Waals surface area contributed by atoms with Crippen LogP contribution in [0.5, 0.6) is 0 Å². The van der Waals surface area contributed by atoms with Gasteiger partial charge in [0.2, 0.25) is 5.78 Å². The molecule has 5 heteroatoms. The predicted molar refractivity (Wildman–Crippen MR) is 91.6 cm³/mol. The summed E-state index contributed by atoms with van der Waals surface area (Å²) in [5, 5.41) is 1.38. The fourth-order valence-electron chi connectivity index (χ4n) is 2.12. The number of aromatic nitrogens is 1. The van der Waals surface area contributed by atoms with E-state index in [2.05, 4.69) is 4.98 Å². The highest BCUT2D eigenvalue weighted by Gasteiger charge is 2.19. The Morgan fingerprint density at radius 2 is 1.91 bits per heavy atom. The van der Waals surface area contributed by atoms with E-state index in [1.165, 1.54) is 11.3 Å². The molecule has 3 rings (SSSR count). The molecule has 0 saturated carbocycles. The van der Waals surface area contributed by atoms with Crippen LogP contribution >= 0.6 is 22.9 Å². The molecule has 2 N–H and O–H groups in total. The summed E-state index contributed by atoms with van der Waals surface area (Å²) in [7, 11) is 0. The number of thiazole rings is 1. The minimum Gasteiger partial charge on any atom is -0.382 e. The summed E-state index contributed by atoms with van der Waals surface area (Å²) in [6, 6.07) is 14.9. The maximum Gasteiger partial charge on any atom is 0.206 e. The lowest BCUT2D eigenvalue weighted by Crippen LogP contribution is -2.02. The van der Waals surface area contributed by atoms with Gasteiger partial charge in [-0.25, -0.2) is 4.98 Å². The molecule has 0 atom stereocenters. The molecule has 1 heterocycles. The van der Waals surface area contributed by atoms with E-state index in [1.807, 2.05) is 37.3 Å². The molecule has 0 aliphatic carbocycles. The first-order valence-electron chi connectivity index (χ1n) is 6.69. The molecule has 0 spiro atoms. The summed E-state index contributed by atoms with van der Waals surface area (Å²) < 4.78 is 0. The van der Waals surface area contributed by atoms with Gasteiger partial charge in [0.1, 0.15) is 15.7 Å². The van der Waals surface area contributed by atoms with Crippen molar-refractivity contribution >= 4 is 34.5 Å². The van der Waals surface area contributed by atoms with Gasteiger partial charge in [-0.15, -0.1) is 11.3 Å². The van der Waals surface area contributed by atoms with Gasteiger partial charge < -0.3 is 5.73 Å². The predicted octanol–water partition coefficient (Wildman–Crippen LogP) is 4.59. The van der Waals surface area contributed by atoms with Gasteiger partial charge in [0.25, 0.3) is 0 Å². The van der Waals surface area contributed by atoms with Gasteiger partial charge in [0, 0.05) is 16.1 Å². The summed E-state index contributed by atoms with van der Waals surface area (Å²) in [6.45, 7) is 1.87. The lowest BCUT2D eigenvalue weighted by Gasteiger charge is -2.02. The van der Waals surface area contributed by atoms with Crippen LogP contribution in [0.2, 0.25) is 5.02 Å². The van der Waals surface area contributed by atoms with E-state index in [0.29, 0.717) is 15.5 Å². The molecule has 0 amide bonds. The number of ketones is 1. The average Bonchev–Trinajstić information content (AvgIpc) is 2.92. The van der Waals surface area contributed by atoms with Crippen LogP contribution in [0.3, 0.4) is 0 Å². The first-order valence-corrected chi connectivity index (χ1v) is 7.88. The summed E-state index contributed by atoms with van der Waals surface area (Å²) >= 11 is 7.31. The van der Waals surface area contributed by atoms with Crippen molar-refractivity contribution in [2.24, 2.45) is 0 Å². The summed E-state index contributed by atoms with van der Waals surface area (Å²) in [5.74, 6) is 0.137. The molecule has 0 radical (unpaired) electrons. The normalized spacial score (nSPS) is 10.6. The lowest BCUT2D eigenvalue weighted by atomic mass is 10.1. The maximum atomic E-state index is 12.6. The number of benzene rings is 2. The molecule has 3 nitrogen and oxygen atoms in total. The SMILES string of the molecule is Cc1cc(C(=O)c2sc(-c3ccccc3)nc2N)ccc1Cl. The second-order valence-electron chi connectivity index (χ2n) is 4.89. The molecule has 0 unspecified atom stereocenters. The standard InChI is InChI=1S/C17H13ClN2OS/c1-10-9-12(7-8-13(10)18)14(21)15-16(19)20-17(22-15)11-5-3-2-4-6-11/h2-9H,19H2,1H3. The van der Waals surface area contributed by atoms with E-state index in [4.69, 9.17) is 17.3 Å². The smallest absolute Gasteiger partial charge is 0.206 e. The Bertz CT molecular complexity index is 843. The average molecular weight is 329 g/mol. The van der Waals surface area contributed by atoms with E-state index in [-0.39, 0.29) is 11.6 Å². The minimum absolute atomic E-state index is 0.128. The fraction of sp³-hybridized carbons (Fsp3) is 0.0588. The molecule has 2 aromatic carbocycles. The van der Waals surface area contributed by atoms with Crippen LogP contribution in [0, 0.1) is 6.92 Å². The van der Waals surface area contributed by atoms with Crippen molar-refractivity contribution in [2.75, 3.05) is 5.73 Å². The summed E-state index contributed by atoms with van der Waals surface area (Å²) in [6.07, 6.45) is 0. The Morgan fingerprint density at radius 1 is 1.18 bits per heavy atom. The van der Waals surface area contributed by atoms with E-state index >= 15 is 0 Å². The number of aryl methyl sites for hydroxylation is 1. The molecular weight excluding hydrogens is 316 g/mol. The largest absolute Gasteiger partial charge is 0.382 e. The number of hydrogen-bond donors (Lipinski definition) is 1. The highest BCUT2D eigenvalue weighted by Crippen LogP contribution is 2.31. The van der Waals surface area contributed by atoms with E-state index in [9.17, 15) is 4.79 Å². The first-order chi connectivity index (χ1) is 10.6. The highest BCUT2D eigenvalue weighted by molar-refractivity contribution is 7.17. The van der Waals surface area contributed by atoms with E-state index < -0.39 is 0 Å². The van der Waals surface area contributed by atoms with Crippen molar-refractivity contribution in [2.45, 2.75) is 6.92 Å². The number of halogens is 1. The second kappa shape index (κ2) is 5.91. The minimum atomic E-state index is -0.128. The molecule has 1 aromatic heterocycles. The van der Waals surface area contributed by atoms with Crippen LogP contribution < -0.4 is 5.73 Å². The molecule has 0 aliphatic heterocycles. The first kappa shape index (κ1) is 14.8. The van der Waals surface area contributed by atoms with Crippen LogP contribution in [-0.4, -0.2) is 10.8 Å². The zero-order chi connectivity index (χ0) is 15.7. The van der Waals surface area contributed by atoms with E-state index in [1.54, 1.807) is 18.2 Å². The van der Waals surface area contributed by atoms with Crippen LogP contribution in [0.4, 0.5) is 5.82 Å². The van der Waals surface area contributed by atoms with Gasteiger partial charge >= 0.3 is 0 Å². The molecule has 110 valence electrons. The van der Waals surface area contributed by atoms with Crippen LogP contribution in [0.15, 0.2) is 48.5 Å². The Balaban J connectivity index is 2.00. The van der Waals surface area contributed by atoms with Crippen molar-refractivity contribution in [3.8, 4) is 10.6 Å². The van der Waals surface area contributed by atoms with Crippen LogP contribution in [0.1, 0.15) is 20.8 Å². The number of anilines is 1. The molecule has 0 fully saturated rings. The third-order valence-corrected chi connectivity index (χ3v) is 4.84. The van der Waals surface area contributed by atoms with Crippen molar-refractivity contribution in [1.82, 2.24) is 4.98 Å². The summed E-state index contributed by atoms with van der Waals surface area (Å²) in [5.41, 5.74) is 8.31. The van der Waals surface area contributed by atoms with Crippen molar-refractivity contribution in [3.05, 3.63) is 69.6 Å². The van der Waals surface area contributed by atoms with Gasteiger partial charge in [-0.05, 0) is 30.7 Å². The third-order valence-electron chi connectivity index (χ3n) is 3.30. The highest BCUT2D eigenvalue weighted by atomic mass is 35.5.